The Bertz CT molecular complexity index is 1220. The molecule has 0 aliphatic rings. The number of fused-ring (bicyclic) bond motifs is 1. The molecule has 28 heavy (non-hydrogen) atoms. The smallest absolute Gasteiger partial charge is 0.257 e. The molecule has 6 nitrogen and oxygen atoms in total. The van der Waals surface area contributed by atoms with Crippen molar-refractivity contribution < 1.29 is 13.2 Å². The minimum absolute atomic E-state index is 0.178. The topological polar surface area (TPSA) is 91.9 Å². The van der Waals surface area contributed by atoms with Crippen LogP contribution in [-0.4, -0.2) is 24.3 Å². The highest BCUT2D eigenvalue weighted by Gasteiger charge is 2.16. The molecule has 4 rings (SSSR count). The van der Waals surface area contributed by atoms with E-state index in [-0.39, 0.29) is 16.6 Å². The molecule has 0 radical (unpaired) electrons. The number of nitrogens with zero attached hydrogens (tertiary/aromatic N) is 1. The maximum absolute atomic E-state index is 12.6. The van der Waals surface area contributed by atoms with E-state index in [9.17, 15) is 13.2 Å². The number of hydrogen-bond donors (Lipinski definition) is 2. The Kier molecular flexibility index (Phi) is 4.67. The Morgan fingerprint density at radius 3 is 2.46 bits per heavy atom. The Hall–Kier alpha value is -3.45. The second-order valence-corrected chi connectivity index (χ2v) is 8.32. The quantitative estimate of drug-likeness (QED) is 0.541. The van der Waals surface area contributed by atoms with E-state index in [0.717, 1.165) is 11.0 Å². The molecule has 1 aromatic heterocycles. The van der Waals surface area contributed by atoms with Crippen molar-refractivity contribution in [2.24, 2.45) is 0 Å². The zero-order valence-corrected chi connectivity index (χ0v) is 15.6. The van der Waals surface area contributed by atoms with Crippen LogP contribution in [0.25, 0.3) is 11.0 Å². The third-order valence-corrected chi connectivity index (χ3v) is 5.97. The average Bonchev–Trinajstić information content (AvgIpc) is 3.11. The molecule has 4 aromatic rings. The van der Waals surface area contributed by atoms with E-state index in [0.29, 0.717) is 17.1 Å². The summed E-state index contributed by atoms with van der Waals surface area (Å²) in [5.74, 6) is -0.200. The first-order valence-electron chi connectivity index (χ1n) is 8.64. The molecule has 1 heterocycles. The van der Waals surface area contributed by atoms with Gasteiger partial charge < -0.3 is 4.98 Å². The Morgan fingerprint density at radius 2 is 1.68 bits per heavy atom. The van der Waals surface area contributed by atoms with E-state index >= 15 is 0 Å². The normalized spacial score (nSPS) is 11.4. The first-order valence-corrected chi connectivity index (χ1v) is 10.3. The van der Waals surface area contributed by atoms with Crippen molar-refractivity contribution in [1.82, 2.24) is 9.97 Å². The summed E-state index contributed by atoms with van der Waals surface area (Å²) in [6, 6.07) is 22.3. The predicted molar refractivity (Wildman–Crippen MR) is 108 cm³/mol. The number of amides is 1. The van der Waals surface area contributed by atoms with Gasteiger partial charge in [0.15, 0.2) is 9.84 Å². The summed E-state index contributed by atoms with van der Waals surface area (Å²) in [4.78, 5) is 20.2. The van der Waals surface area contributed by atoms with Gasteiger partial charge in [-0.1, -0.05) is 42.5 Å². The fraction of sp³-hybridized carbons (Fsp3) is 0.0476. The number of carbonyl (C=O) groups excluding carboxylic acids is 1. The zero-order chi connectivity index (χ0) is 19.6. The molecular weight excluding hydrogens is 374 g/mol. The van der Waals surface area contributed by atoms with Crippen LogP contribution in [0.2, 0.25) is 0 Å². The third-order valence-electron chi connectivity index (χ3n) is 4.27. The summed E-state index contributed by atoms with van der Waals surface area (Å²) in [5.41, 5.74) is 2.48. The molecule has 0 aliphatic heterocycles. The van der Waals surface area contributed by atoms with Crippen LogP contribution in [0.4, 0.5) is 5.95 Å². The highest BCUT2D eigenvalue weighted by atomic mass is 32.2. The lowest BCUT2D eigenvalue weighted by molar-refractivity contribution is 0.102. The minimum Gasteiger partial charge on any atom is -0.324 e. The molecule has 0 saturated heterocycles. The number of H-pyrrole nitrogens is 1. The summed E-state index contributed by atoms with van der Waals surface area (Å²) in [7, 11) is -3.48. The number of aromatic amines is 1. The lowest BCUT2D eigenvalue weighted by atomic mass is 10.1. The molecule has 0 spiro atoms. The lowest BCUT2D eigenvalue weighted by Crippen LogP contribution is -2.13. The first kappa shape index (κ1) is 17.9. The van der Waals surface area contributed by atoms with E-state index in [1.165, 1.54) is 0 Å². The predicted octanol–water partition coefficient (Wildman–Crippen LogP) is 3.79. The maximum Gasteiger partial charge on any atom is 0.257 e. The van der Waals surface area contributed by atoms with E-state index in [2.05, 4.69) is 15.3 Å². The van der Waals surface area contributed by atoms with Gasteiger partial charge in [-0.15, -0.1) is 0 Å². The van der Waals surface area contributed by atoms with Gasteiger partial charge in [0, 0.05) is 5.56 Å². The number of benzene rings is 3. The van der Waals surface area contributed by atoms with Crippen LogP contribution in [0.1, 0.15) is 15.9 Å². The van der Waals surface area contributed by atoms with Gasteiger partial charge in [0.05, 0.1) is 21.7 Å². The van der Waals surface area contributed by atoms with Crippen LogP contribution in [0.15, 0.2) is 83.8 Å². The number of nitrogens with one attached hydrogen (secondary N) is 2. The molecule has 7 heteroatoms. The van der Waals surface area contributed by atoms with Gasteiger partial charge in [-0.05, 0) is 42.0 Å². The number of rotatable bonds is 5. The molecule has 2 N–H and O–H groups in total. The van der Waals surface area contributed by atoms with Gasteiger partial charge in [-0.25, -0.2) is 13.4 Å². The van der Waals surface area contributed by atoms with Crippen molar-refractivity contribution >= 4 is 32.7 Å². The fourth-order valence-corrected chi connectivity index (χ4v) is 4.28. The summed E-state index contributed by atoms with van der Waals surface area (Å²) < 4.78 is 25.1. The van der Waals surface area contributed by atoms with Crippen molar-refractivity contribution in [3.8, 4) is 0 Å². The largest absolute Gasteiger partial charge is 0.324 e. The molecular formula is C21H17N3O3S. The number of sulfone groups is 1. The summed E-state index contributed by atoms with van der Waals surface area (Å²) >= 11 is 0. The van der Waals surface area contributed by atoms with Crippen molar-refractivity contribution in [3.63, 3.8) is 0 Å². The van der Waals surface area contributed by atoms with Gasteiger partial charge in [0.2, 0.25) is 5.95 Å². The van der Waals surface area contributed by atoms with Gasteiger partial charge >= 0.3 is 0 Å². The SMILES string of the molecule is O=C(Nc1nc2ccccc2[nH]1)c1cccc(CS(=O)(=O)c2ccccc2)c1. The average molecular weight is 391 g/mol. The van der Waals surface area contributed by atoms with Gasteiger partial charge in [-0.2, -0.15) is 0 Å². The van der Waals surface area contributed by atoms with Crippen LogP contribution >= 0.6 is 0 Å². The maximum atomic E-state index is 12.6. The van der Waals surface area contributed by atoms with Crippen LogP contribution in [0.5, 0.6) is 0 Å². The third kappa shape index (κ3) is 3.79. The monoisotopic (exact) mass is 391 g/mol. The standard InChI is InChI=1S/C21H17N3O3S/c25-20(24-21-22-18-11-4-5-12-19(18)23-21)16-8-6-7-15(13-16)14-28(26,27)17-9-2-1-3-10-17/h1-13H,14H2,(H2,22,23,24,25). The summed E-state index contributed by atoms with van der Waals surface area (Å²) in [5, 5.41) is 2.71. The molecule has 0 unspecified atom stereocenters. The number of para-hydroxylation sites is 2. The van der Waals surface area contributed by atoms with E-state index in [4.69, 9.17) is 0 Å². The lowest BCUT2D eigenvalue weighted by Gasteiger charge is -2.07. The van der Waals surface area contributed by atoms with Gasteiger partial charge in [-0.3, -0.25) is 10.1 Å². The number of carbonyl (C=O) groups is 1. The van der Waals surface area contributed by atoms with E-state index < -0.39 is 9.84 Å². The summed E-state index contributed by atoms with van der Waals surface area (Å²) in [6.07, 6.45) is 0. The van der Waals surface area contributed by atoms with Crippen molar-refractivity contribution in [3.05, 3.63) is 90.0 Å². The Labute approximate surface area is 162 Å². The minimum atomic E-state index is -3.48. The van der Waals surface area contributed by atoms with Crippen molar-refractivity contribution in [2.75, 3.05) is 5.32 Å². The van der Waals surface area contributed by atoms with Crippen LogP contribution < -0.4 is 5.32 Å². The van der Waals surface area contributed by atoms with E-state index in [1.54, 1.807) is 54.6 Å². The van der Waals surface area contributed by atoms with Crippen molar-refractivity contribution in [2.45, 2.75) is 10.6 Å². The molecule has 0 aliphatic carbocycles. The molecule has 0 bridgehead atoms. The second kappa shape index (κ2) is 7.28. The first-order chi connectivity index (χ1) is 13.5. The summed E-state index contributed by atoms with van der Waals surface area (Å²) in [6.45, 7) is 0. The van der Waals surface area contributed by atoms with Crippen LogP contribution in [0.3, 0.4) is 0 Å². The van der Waals surface area contributed by atoms with Crippen molar-refractivity contribution in [1.29, 1.82) is 0 Å². The number of hydrogen-bond acceptors (Lipinski definition) is 4. The van der Waals surface area contributed by atoms with Gasteiger partial charge in [0.25, 0.3) is 5.91 Å². The molecule has 140 valence electrons. The molecule has 1 amide bonds. The van der Waals surface area contributed by atoms with Crippen LogP contribution in [-0.2, 0) is 15.6 Å². The molecule has 0 saturated carbocycles. The highest BCUT2D eigenvalue weighted by molar-refractivity contribution is 7.90. The van der Waals surface area contributed by atoms with Crippen LogP contribution in [0, 0.1) is 0 Å². The second-order valence-electron chi connectivity index (χ2n) is 6.33. The highest BCUT2D eigenvalue weighted by Crippen LogP contribution is 2.18. The molecule has 0 atom stereocenters. The Morgan fingerprint density at radius 1 is 0.929 bits per heavy atom. The molecule has 0 fully saturated rings. The number of imidazole rings is 1. The molecule has 3 aromatic carbocycles. The zero-order valence-electron chi connectivity index (χ0n) is 14.8. The van der Waals surface area contributed by atoms with E-state index in [1.807, 2.05) is 24.3 Å². The number of anilines is 1. The van der Waals surface area contributed by atoms with Gasteiger partial charge in [0.1, 0.15) is 0 Å². The fourth-order valence-electron chi connectivity index (χ4n) is 2.92. The Balaban J connectivity index is 1.54. The number of aromatic nitrogens is 2.